The number of ether oxygens (including phenoxy) is 1. The molecule has 0 spiro atoms. The normalized spacial score (nSPS) is 16.0. The van der Waals surface area contributed by atoms with Crippen LogP contribution in [0, 0.1) is 12.8 Å². The highest BCUT2D eigenvalue weighted by Crippen LogP contribution is 2.36. The second kappa shape index (κ2) is 6.30. The molecule has 0 aliphatic heterocycles. The molecule has 2 rings (SSSR count). The van der Waals surface area contributed by atoms with Crippen LogP contribution in [0.15, 0.2) is 41.8 Å². The molecular weight excluding hydrogens is 290 g/mol. The summed E-state index contributed by atoms with van der Waals surface area (Å²) in [6.07, 6.45) is 2.96. The molecule has 0 saturated heterocycles. The van der Waals surface area contributed by atoms with Crippen molar-refractivity contribution < 1.29 is 17.9 Å². The van der Waals surface area contributed by atoms with E-state index in [1.165, 1.54) is 12.1 Å². The summed E-state index contributed by atoms with van der Waals surface area (Å²) in [5.74, 6) is 0.316. The number of benzene rings is 1. The highest BCUT2D eigenvalue weighted by molar-refractivity contribution is 7.90. The van der Waals surface area contributed by atoms with E-state index in [4.69, 9.17) is 4.74 Å². The Morgan fingerprint density at radius 3 is 2.57 bits per heavy atom. The summed E-state index contributed by atoms with van der Waals surface area (Å²) in [5, 5.41) is 0. The van der Waals surface area contributed by atoms with E-state index in [1.807, 2.05) is 11.6 Å². The summed E-state index contributed by atoms with van der Waals surface area (Å²) in [7, 11) is -3.89. The maximum atomic E-state index is 12.0. The molecule has 1 aromatic carbocycles. The lowest BCUT2D eigenvalue weighted by molar-refractivity contribution is 0.0917. The third kappa shape index (κ3) is 4.32. The van der Waals surface area contributed by atoms with Crippen LogP contribution in [0.5, 0.6) is 0 Å². The van der Waals surface area contributed by atoms with E-state index in [-0.39, 0.29) is 11.0 Å². The fourth-order valence-corrected chi connectivity index (χ4v) is 2.90. The first-order valence-corrected chi connectivity index (χ1v) is 8.31. The Hall–Kier alpha value is -1.82. The molecule has 114 valence electrons. The summed E-state index contributed by atoms with van der Waals surface area (Å²) in [5.41, 5.74) is 0.941. The first-order chi connectivity index (χ1) is 9.92. The maximum absolute atomic E-state index is 12.0. The van der Waals surface area contributed by atoms with Gasteiger partial charge >= 0.3 is 6.09 Å². The molecule has 1 aromatic rings. The van der Waals surface area contributed by atoms with Crippen molar-refractivity contribution in [3.63, 3.8) is 0 Å². The number of aryl methyl sites for hydroxylation is 1. The highest BCUT2D eigenvalue weighted by Gasteiger charge is 2.34. The van der Waals surface area contributed by atoms with Gasteiger partial charge < -0.3 is 4.74 Å². The van der Waals surface area contributed by atoms with E-state index in [1.54, 1.807) is 18.2 Å². The molecule has 0 radical (unpaired) electrons. The molecule has 0 bridgehead atoms. The molecule has 1 aliphatic rings. The Morgan fingerprint density at radius 2 is 2.05 bits per heavy atom. The second-order valence-corrected chi connectivity index (χ2v) is 6.91. The zero-order chi connectivity index (χ0) is 15.5. The largest absolute Gasteiger partial charge is 0.445 e. The molecule has 1 unspecified atom stereocenters. The standard InChI is InChI=1S/C15H19NO4S/c1-3-4-14(12-7-8-12)20-15(17)16-21(18,19)13-9-5-11(2)6-10-13/h3,5-6,9-10,12,14H,1,4,7-8H2,2H3,(H,16,17). The Balaban J connectivity index is 2.00. The van der Waals surface area contributed by atoms with Crippen LogP contribution in [-0.4, -0.2) is 20.6 Å². The number of amides is 1. The molecule has 1 amide bonds. The summed E-state index contributed by atoms with van der Waals surface area (Å²) in [4.78, 5) is 11.8. The van der Waals surface area contributed by atoms with Crippen molar-refractivity contribution in [2.24, 2.45) is 5.92 Å². The fraction of sp³-hybridized carbons (Fsp3) is 0.400. The van der Waals surface area contributed by atoms with E-state index >= 15 is 0 Å². The van der Waals surface area contributed by atoms with Gasteiger partial charge in [-0.1, -0.05) is 23.8 Å². The van der Waals surface area contributed by atoms with Crippen LogP contribution in [0.1, 0.15) is 24.8 Å². The quantitative estimate of drug-likeness (QED) is 0.820. The number of hydrogen-bond acceptors (Lipinski definition) is 4. The molecule has 0 aromatic heterocycles. The molecular formula is C15H19NO4S. The first-order valence-electron chi connectivity index (χ1n) is 6.83. The number of sulfonamides is 1. The number of hydrogen-bond donors (Lipinski definition) is 1. The minimum Gasteiger partial charge on any atom is -0.445 e. The van der Waals surface area contributed by atoms with E-state index < -0.39 is 16.1 Å². The third-order valence-electron chi connectivity index (χ3n) is 3.35. The van der Waals surface area contributed by atoms with Crippen LogP contribution < -0.4 is 4.72 Å². The summed E-state index contributed by atoms with van der Waals surface area (Å²) in [6, 6.07) is 6.25. The topological polar surface area (TPSA) is 72.5 Å². The Kier molecular flexibility index (Phi) is 4.67. The van der Waals surface area contributed by atoms with Crippen molar-refractivity contribution in [3.8, 4) is 0 Å². The lowest BCUT2D eigenvalue weighted by Gasteiger charge is -2.16. The highest BCUT2D eigenvalue weighted by atomic mass is 32.2. The van der Waals surface area contributed by atoms with Gasteiger partial charge in [-0.2, -0.15) is 0 Å². The summed E-state index contributed by atoms with van der Waals surface area (Å²) < 4.78 is 31.2. The molecule has 1 N–H and O–H groups in total. The van der Waals surface area contributed by atoms with Crippen molar-refractivity contribution >= 4 is 16.1 Å². The molecule has 5 nitrogen and oxygen atoms in total. The zero-order valence-electron chi connectivity index (χ0n) is 11.9. The minimum absolute atomic E-state index is 0.0387. The molecule has 6 heteroatoms. The van der Waals surface area contributed by atoms with Gasteiger partial charge in [-0.3, -0.25) is 0 Å². The van der Waals surface area contributed by atoms with Gasteiger partial charge in [0.2, 0.25) is 0 Å². The summed E-state index contributed by atoms with van der Waals surface area (Å²) >= 11 is 0. The SMILES string of the molecule is C=CCC(OC(=O)NS(=O)(=O)c1ccc(C)cc1)C1CC1. The van der Waals surface area contributed by atoms with Crippen LogP contribution in [0.3, 0.4) is 0 Å². The lowest BCUT2D eigenvalue weighted by Crippen LogP contribution is -2.34. The lowest BCUT2D eigenvalue weighted by atomic mass is 10.1. The van der Waals surface area contributed by atoms with Gasteiger partial charge in [0, 0.05) is 6.42 Å². The second-order valence-electron chi connectivity index (χ2n) is 5.22. The van der Waals surface area contributed by atoms with Crippen LogP contribution in [0.25, 0.3) is 0 Å². The van der Waals surface area contributed by atoms with E-state index in [9.17, 15) is 13.2 Å². The van der Waals surface area contributed by atoms with Crippen LogP contribution in [0.2, 0.25) is 0 Å². The Bertz CT molecular complexity index is 618. The average molecular weight is 309 g/mol. The first kappa shape index (κ1) is 15.6. The molecule has 0 heterocycles. The van der Waals surface area contributed by atoms with Crippen molar-refractivity contribution in [1.29, 1.82) is 0 Å². The average Bonchev–Trinajstić information content (AvgIpc) is 3.22. The molecule has 1 fully saturated rings. The van der Waals surface area contributed by atoms with Gasteiger partial charge in [0.1, 0.15) is 6.10 Å². The number of rotatable bonds is 6. The van der Waals surface area contributed by atoms with Gasteiger partial charge in [-0.25, -0.2) is 17.9 Å². The monoisotopic (exact) mass is 309 g/mol. The van der Waals surface area contributed by atoms with E-state index in [2.05, 4.69) is 6.58 Å². The number of carbonyl (C=O) groups excluding carboxylic acids is 1. The number of carbonyl (C=O) groups is 1. The van der Waals surface area contributed by atoms with Crippen molar-refractivity contribution in [2.45, 2.75) is 37.2 Å². The van der Waals surface area contributed by atoms with E-state index in [0.717, 1.165) is 18.4 Å². The van der Waals surface area contributed by atoms with Crippen molar-refractivity contribution in [2.75, 3.05) is 0 Å². The molecule has 1 saturated carbocycles. The molecule has 1 aliphatic carbocycles. The molecule has 1 atom stereocenters. The predicted octanol–water partition coefficient (Wildman–Crippen LogP) is 2.76. The zero-order valence-corrected chi connectivity index (χ0v) is 12.7. The summed E-state index contributed by atoms with van der Waals surface area (Å²) in [6.45, 7) is 5.47. The van der Waals surface area contributed by atoms with Crippen LogP contribution in [0.4, 0.5) is 4.79 Å². The Morgan fingerprint density at radius 1 is 1.43 bits per heavy atom. The smallest absolute Gasteiger partial charge is 0.421 e. The van der Waals surface area contributed by atoms with Gasteiger partial charge in [-0.15, -0.1) is 6.58 Å². The van der Waals surface area contributed by atoms with Gasteiger partial charge in [0.25, 0.3) is 10.0 Å². The predicted molar refractivity (Wildman–Crippen MR) is 79.3 cm³/mol. The minimum atomic E-state index is -3.89. The van der Waals surface area contributed by atoms with E-state index in [0.29, 0.717) is 12.3 Å². The number of nitrogens with one attached hydrogen (secondary N) is 1. The Labute approximate surface area is 125 Å². The third-order valence-corrected chi connectivity index (χ3v) is 4.68. The maximum Gasteiger partial charge on any atom is 0.421 e. The van der Waals surface area contributed by atoms with Crippen molar-refractivity contribution in [3.05, 3.63) is 42.5 Å². The fourth-order valence-electron chi connectivity index (χ4n) is 2.02. The van der Waals surface area contributed by atoms with Gasteiger partial charge in [-0.05, 0) is 37.8 Å². The van der Waals surface area contributed by atoms with Crippen molar-refractivity contribution in [1.82, 2.24) is 4.72 Å². The molecule has 21 heavy (non-hydrogen) atoms. The van der Waals surface area contributed by atoms with Crippen LogP contribution >= 0.6 is 0 Å². The van der Waals surface area contributed by atoms with Gasteiger partial charge in [0.05, 0.1) is 4.90 Å². The van der Waals surface area contributed by atoms with Crippen LogP contribution in [-0.2, 0) is 14.8 Å². The van der Waals surface area contributed by atoms with Gasteiger partial charge in [0.15, 0.2) is 0 Å².